The first kappa shape index (κ1) is 18.4. The highest BCUT2D eigenvalue weighted by Crippen LogP contribution is 2.40. The Balaban J connectivity index is 2.19. The molecule has 0 bridgehead atoms. The van der Waals surface area contributed by atoms with E-state index in [0.29, 0.717) is 19.6 Å². The summed E-state index contributed by atoms with van der Waals surface area (Å²) in [5, 5.41) is 5.17. The van der Waals surface area contributed by atoms with Crippen LogP contribution in [0, 0.1) is 0 Å². The van der Waals surface area contributed by atoms with Gasteiger partial charge in [-0.05, 0) is 19.4 Å². The summed E-state index contributed by atoms with van der Waals surface area (Å²) in [5.41, 5.74) is 6.09. The van der Waals surface area contributed by atoms with Crippen molar-refractivity contribution in [1.29, 1.82) is 0 Å². The van der Waals surface area contributed by atoms with Crippen molar-refractivity contribution in [3.05, 3.63) is 16.0 Å². The van der Waals surface area contributed by atoms with Crippen LogP contribution in [0.3, 0.4) is 0 Å². The number of anilines is 1. The Kier molecular flexibility index (Phi) is 5.58. The van der Waals surface area contributed by atoms with Gasteiger partial charge in [-0.15, -0.1) is 11.3 Å². The molecule has 0 saturated heterocycles. The van der Waals surface area contributed by atoms with E-state index in [4.69, 9.17) is 15.2 Å². The summed E-state index contributed by atoms with van der Waals surface area (Å²) in [6, 6.07) is 0. The lowest BCUT2D eigenvalue weighted by Gasteiger charge is -2.30. The number of nitrogens with two attached hydrogens (primary N) is 1. The van der Waals surface area contributed by atoms with Crippen molar-refractivity contribution < 1.29 is 23.9 Å². The highest BCUT2D eigenvalue weighted by Gasteiger charge is 2.33. The van der Waals surface area contributed by atoms with E-state index < -0.39 is 23.3 Å². The molecule has 2 heterocycles. The summed E-state index contributed by atoms with van der Waals surface area (Å²) in [6.45, 7) is 4.68. The van der Waals surface area contributed by atoms with Gasteiger partial charge in [0, 0.05) is 25.0 Å². The van der Waals surface area contributed by atoms with Gasteiger partial charge in [0.05, 0.1) is 24.4 Å². The van der Waals surface area contributed by atoms with E-state index in [2.05, 4.69) is 10.6 Å². The van der Waals surface area contributed by atoms with Crippen LogP contribution < -0.4 is 16.4 Å². The van der Waals surface area contributed by atoms with Crippen molar-refractivity contribution in [3.8, 4) is 0 Å². The molecule has 9 heteroatoms. The minimum atomic E-state index is -0.854. The standard InChI is InChI=1S/C15H21N3O5S/c1-15(2)6-8-9(7-23-15)24-14(10(8)11(16)19)18-13(21)12(20)17-4-5-22-3/h4-7H2,1-3H3,(H2,16,19)(H,17,20)(H,18,21). The number of primary amides is 1. The zero-order valence-corrected chi connectivity index (χ0v) is 14.7. The van der Waals surface area contributed by atoms with Crippen LogP contribution in [0.1, 0.15) is 34.6 Å². The van der Waals surface area contributed by atoms with Gasteiger partial charge < -0.3 is 25.8 Å². The maximum absolute atomic E-state index is 12.0. The van der Waals surface area contributed by atoms with E-state index in [1.54, 1.807) is 0 Å². The number of rotatable bonds is 5. The third-order valence-electron chi connectivity index (χ3n) is 3.56. The van der Waals surface area contributed by atoms with Crippen molar-refractivity contribution in [3.63, 3.8) is 0 Å². The first-order valence-corrected chi connectivity index (χ1v) is 8.23. The Morgan fingerprint density at radius 1 is 1.33 bits per heavy atom. The lowest BCUT2D eigenvalue weighted by atomic mass is 9.93. The van der Waals surface area contributed by atoms with E-state index in [1.165, 1.54) is 18.4 Å². The second-order valence-electron chi connectivity index (χ2n) is 6.00. The van der Waals surface area contributed by atoms with Crippen LogP contribution in [-0.4, -0.2) is 43.6 Å². The van der Waals surface area contributed by atoms with Crippen molar-refractivity contribution in [2.45, 2.75) is 32.5 Å². The number of carbonyl (C=O) groups is 3. The number of ether oxygens (including phenoxy) is 2. The molecule has 4 N–H and O–H groups in total. The van der Waals surface area contributed by atoms with Gasteiger partial charge in [0.2, 0.25) is 0 Å². The monoisotopic (exact) mass is 355 g/mol. The molecule has 0 radical (unpaired) electrons. The molecule has 0 aliphatic carbocycles. The van der Waals surface area contributed by atoms with Crippen molar-refractivity contribution in [1.82, 2.24) is 5.32 Å². The van der Waals surface area contributed by atoms with Crippen molar-refractivity contribution in [2.75, 3.05) is 25.6 Å². The topological polar surface area (TPSA) is 120 Å². The summed E-state index contributed by atoms with van der Waals surface area (Å²) in [4.78, 5) is 36.4. The first-order chi connectivity index (χ1) is 11.2. The molecule has 2 rings (SSSR count). The Bertz CT molecular complexity index is 668. The van der Waals surface area contributed by atoms with Crippen LogP contribution >= 0.6 is 11.3 Å². The molecule has 8 nitrogen and oxygen atoms in total. The number of fused-ring (bicyclic) bond motifs is 1. The molecule has 1 aliphatic heterocycles. The molecule has 0 saturated carbocycles. The normalized spacial score (nSPS) is 15.5. The molecule has 1 aromatic heterocycles. The first-order valence-electron chi connectivity index (χ1n) is 7.41. The highest BCUT2D eigenvalue weighted by atomic mass is 32.1. The molecule has 0 aromatic carbocycles. The SMILES string of the molecule is COCCNC(=O)C(=O)Nc1sc2c(c1C(N)=O)CC(C)(C)OC2. The van der Waals surface area contributed by atoms with Crippen LogP contribution in [0.4, 0.5) is 5.00 Å². The highest BCUT2D eigenvalue weighted by molar-refractivity contribution is 7.17. The summed E-state index contributed by atoms with van der Waals surface area (Å²) < 4.78 is 10.5. The Labute approximate surface area is 143 Å². The molecule has 0 unspecified atom stereocenters. The van der Waals surface area contributed by atoms with Crippen molar-refractivity contribution >= 4 is 34.1 Å². The number of carbonyl (C=O) groups excluding carboxylic acids is 3. The molecule has 1 aliphatic rings. The summed E-state index contributed by atoms with van der Waals surface area (Å²) in [5.74, 6) is -2.29. The number of nitrogens with one attached hydrogen (secondary N) is 2. The Morgan fingerprint density at radius 3 is 2.67 bits per heavy atom. The van der Waals surface area contributed by atoms with E-state index in [9.17, 15) is 14.4 Å². The van der Waals surface area contributed by atoms with E-state index >= 15 is 0 Å². The number of amides is 3. The van der Waals surface area contributed by atoms with Gasteiger partial charge in [0.25, 0.3) is 5.91 Å². The van der Waals surface area contributed by atoms with Gasteiger partial charge in [0.15, 0.2) is 0 Å². The fraction of sp³-hybridized carbons (Fsp3) is 0.533. The van der Waals surface area contributed by atoms with Crippen LogP contribution in [0.25, 0.3) is 0 Å². The van der Waals surface area contributed by atoms with Gasteiger partial charge in [-0.1, -0.05) is 0 Å². The summed E-state index contributed by atoms with van der Waals surface area (Å²) >= 11 is 1.20. The number of hydrogen-bond acceptors (Lipinski definition) is 6. The molecule has 1 aromatic rings. The molecule has 3 amide bonds. The molecule has 0 atom stereocenters. The fourth-order valence-corrected chi connectivity index (χ4v) is 3.54. The van der Waals surface area contributed by atoms with Gasteiger partial charge in [-0.2, -0.15) is 0 Å². The molecule has 132 valence electrons. The predicted molar refractivity (Wildman–Crippen MR) is 88.9 cm³/mol. The van der Waals surface area contributed by atoms with Gasteiger partial charge in [-0.3, -0.25) is 14.4 Å². The van der Waals surface area contributed by atoms with Crippen molar-refractivity contribution in [2.24, 2.45) is 5.73 Å². The van der Waals surface area contributed by atoms with Crippen LogP contribution in [-0.2, 0) is 32.1 Å². The van der Waals surface area contributed by atoms with Crippen LogP contribution in [0.2, 0.25) is 0 Å². The van der Waals surface area contributed by atoms with E-state index in [-0.39, 0.29) is 17.1 Å². The maximum atomic E-state index is 12.0. The smallest absolute Gasteiger partial charge is 0.314 e. The Morgan fingerprint density at radius 2 is 2.04 bits per heavy atom. The second-order valence-corrected chi connectivity index (χ2v) is 7.11. The van der Waals surface area contributed by atoms with Crippen LogP contribution in [0.15, 0.2) is 0 Å². The summed E-state index contributed by atoms with van der Waals surface area (Å²) in [7, 11) is 1.49. The van der Waals surface area contributed by atoms with E-state index in [1.807, 2.05) is 13.8 Å². The number of methoxy groups -OCH3 is 1. The number of thiophene rings is 1. The van der Waals surface area contributed by atoms with Gasteiger partial charge >= 0.3 is 11.8 Å². The molecule has 24 heavy (non-hydrogen) atoms. The Hall–Kier alpha value is -1.97. The minimum absolute atomic E-state index is 0.217. The molecule has 0 fully saturated rings. The average molecular weight is 355 g/mol. The third kappa shape index (κ3) is 4.11. The lowest BCUT2D eigenvalue weighted by Crippen LogP contribution is -2.37. The fourth-order valence-electron chi connectivity index (χ4n) is 2.41. The molecular formula is C15H21N3O5S. The third-order valence-corrected chi connectivity index (χ3v) is 4.68. The predicted octanol–water partition coefficient (Wildman–Crippen LogP) is 0.399. The van der Waals surface area contributed by atoms with Crippen LogP contribution in [0.5, 0.6) is 0 Å². The zero-order chi connectivity index (χ0) is 17.9. The van der Waals surface area contributed by atoms with Gasteiger partial charge in [0.1, 0.15) is 5.00 Å². The van der Waals surface area contributed by atoms with Gasteiger partial charge in [-0.25, -0.2) is 0 Å². The lowest BCUT2D eigenvalue weighted by molar-refractivity contribution is -0.136. The minimum Gasteiger partial charge on any atom is -0.383 e. The second kappa shape index (κ2) is 7.29. The summed E-state index contributed by atoms with van der Waals surface area (Å²) in [6.07, 6.45) is 0.507. The maximum Gasteiger partial charge on any atom is 0.314 e. The largest absolute Gasteiger partial charge is 0.383 e. The molecular weight excluding hydrogens is 334 g/mol. The van der Waals surface area contributed by atoms with E-state index in [0.717, 1.165) is 10.4 Å². The molecule has 0 spiro atoms. The number of hydrogen-bond donors (Lipinski definition) is 3. The zero-order valence-electron chi connectivity index (χ0n) is 13.9. The average Bonchev–Trinajstić information content (AvgIpc) is 2.83. The quantitative estimate of drug-likeness (QED) is 0.522.